The molecular weight excluding hydrogens is 1420 g/mol. The van der Waals surface area contributed by atoms with Crippen molar-refractivity contribution >= 4 is 283 Å². The second-order valence-electron chi connectivity index (χ2n) is 37.5. The van der Waals surface area contributed by atoms with E-state index >= 15 is 9.59 Å². The highest BCUT2D eigenvalue weighted by Gasteiger charge is 2.79. The van der Waals surface area contributed by atoms with Crippen molar-refractivity contribution in [3.8, 4) is 11.1 Å². The van der Waals surface area contributed by atoms with Crippen LogP contribution in [0.4, 0.5) is 0 Å². The number of carbonyl (C=O) groups excluding carboxylic acids is 6. The summed E-state index contributed by atoms with van der Waals surface area (Å²) in [5.41, 5.74) is 37.1. The summed E-state index contributed by atoms with van der Waals surface area (Å²) < 4.78 is 0. The maximum absolute atomic E-state index is 15.0. The minimum absolute atomic E-state index is 0.0121. The van der Waals surface area contributed by atoms with Gasteiger partial charge in [0.1, 0.15) is 0 Å². The highest BCUT2D eigenvalue weighted by Crippen LogP contribution is 2.89. The maximum Gasteiger partial charge on any atom is 0.221 e. The lowest BCUT2D eigenvalue weighted by Gasteiger charge is -2.50. The van der Waals surface area contributed by atoms with Gasteiger partial charge in [0.25, 0.3) is 0 Å². The first-order valence-corrected chi connectivity index (χ1v) is 42.3. The van der Waals surface area contributed by atoms with Crippen molar-refractivity contribution in [2.75, 3.05) is 144 Å². The molecule has 114 heavy (non-hydrogen) atoms. The molecule has 0 radical (unpaired) electrons. The van der Waals surface area contributed by atoms with Gasteiger partial charge in [-0.15, -0.1) is 0 Å². The molecule has 20 heteroatoms. The van der Waals surface area contributed by atoms with E-state index in [0.29, 0.717) is 131 Å². The normalized spacial score (nSPS) is 21.9. The summed E-state index contributed by atoms with van der Waals surface area (Å²) in [5, 5.41) is 90.1. The number of carbonyl (C=O) groups is 6. The first-order chi connectivity index (χ1) is 56.0. The number of nitrogens with one attached hydrogen (secondary N) is 6. The second-order valence-corrected chi connectivity index (χ2v) is 37.5. The monoisotopic (exact) mass is 1490 g/mol. The van der Waals surface area contributed by atoms with Crippen LogP contribution in [0.25, 0.3) is 259 Å². The van der Waals surface area contributed by atoms with E-state index in [-0.39, 0.29) is 61.1 Å². The first kappa shape index (κ1) is 59.0. The van der Waals surface area contributed by atoms with E-state index in [2.05, 4.69) is 51.5 Å². The van der Waals surface area contributed by atoms with Crippen LogP contribution in [0.5, 0.6) is 0 Å². The number of likely N-dealkylation sites (tertiary alicyclic amines) is 2. The Bertz CT molecular complexity index is 8180. The molecule has 2 fully saturated rings. The predicted octanol–water partition coefficient (Wildman–Crippen LogP) is 8.92. The van der Waals surface area contributed by atoms with Crippen molar-refractivity contribution < 1.29 is 28.8 Å². The van der Waals surface area contributed by atoms with Gasteiger partial charge in [-0.05, 0) is 303 Å². The summed E-state index contributed by atoms with van der Waals surface area (Å²) in [4.78, 5) is 91.7. The Balaban J connectivity index is 0.614. The van der Waals surface area contributed by atoms with Gasteiger partial charge >= 0.3 is 0 Å². The fraction of sp³-hybridized carbons (Fsp3) is 0.340. The number of amides is 6. The summed E-state index contributed by atoms with van der Waals surface area (Å²) in [7, 11) is 0. The van der Waals surface area contributed by atoms with Crippen LogP contribution in [0, 0.1) is 0 Å². The molecule has 0 aromatic heterocycles. The molecular formula is C94H70N14O6. The minimum Gasteiger partial charge on any atom is -0.355 e. The van der Waals surface area contributed by atoms with Gasteiger partial charge in [0.2, 0.25) is 35.4 Å². The smallest absolute Gasteiger partial charge is 0.221 e. The van der Waals surface area contributed by atoms with Crippen LogP contribution in [0.2, 0.25) is 0 Å². The molecule has 2 unspecified atom stereocenters. The second kappa shape index (κ2) is 17.4. The van der Waals surface area contributed by atoms with Gasteiger partial charge in [-0.1, -0.05) is 0 Å². The quantitative estimate of drug-likeness (QED) is 0.0176. The van der Waals surface area contributed by atoms with Gasteiger partial charge in [-0.2, -0.15) is 0 Å². The van der Waals surface area contributed by atoms with Gasteiger partial charge in [0, 0.05) is 183 Å². The van der Waals surface area contributed by atoms with Crippen LogP contribution in [0.1, 0.15) is 83.0 Å². The van der Waals surface area contributed by atoms with Crippen molar-refractivity contribution in [1.29, 1.82) is 0 Å². The summed E-state index contributed by atoms with van der Waals surface area (Å²) in [6.07, 6.45) is 1.71. The van der Waals surface area contributed by atoms with E-state index in [1.54, 1.807) is 303 Å². The molecule has 2 aliphatic heterocycles. The number of nitrogens with two attached hydrogens (primary N) is 4. The number of rotatable bonds is 32. The third kappa shape index (κ3) is 4.95. The van der Waals surface area contributed by atoms with Crippen LogP contribution in [-0.4, -0.2) is 199 Å². The zero-order chi connectivity index (χ0) is 74.1. The van der Waals surface area contributed by atoms with Crippen LogP contribution >= 0.6 is 0 Å². The molecule has 20 nitrogen and oxygen atoms in total. The molecule has 34 rings (SSSR count). The number of hydrogen-bond donors (Lipinski definition) is 10. The van der Waals surface area contributed by atoms with Crippen molar-refractivity contribution in [1.82, 2.24) is 51.5 Å². The van der Waals surface area contributed by atoms with Crippen LogP contribution in [0.15, 0.2) is 0 Å². The van der Waals surface area contributed by atoms with Gasteiger partial charge < -0.3 is 74.4 Å². The molecule has 0 saturated carbocycles. The van der Waals surface area contributed by atoms with Crippen LogP contribution in [0.3, 0.4) is 0 Å². The van der Waals surface area contributed by atoms with Crippen molar-refractivity contribution in [3.05, 3.63) is 44.5 Å². The first-order valence-electron chi connectivity index (χ1n) is 42.3. The van der Waals surface area contributed by atoms with E-state index in [0.717, 1.165) is 26.2 Å². The molecule has 4 spiro atoms. The average molecular weight is 1490 g/mol. The van der Waals surface area contributed by atoms with Crippen molar-refractivity contribution in [2.24, 2.45) is 22.9 Å². The standard InChI is InChI=1S/C94H70N14O6/c95-7-11-99-29(109)1-17-105(18-2-30(110)100-12-8-96)23-15-103-33(113)5-21-107-25-91-83-69-59-48-39-35-36-38-43-37(35)44-41-46(39)54(59)65-57-50(41)61-52(44)63-56(43)64-53-45(38)42-47-40(36)49(48)60-55(47)66-58-51(42)62(53)74-78-68(58)80(76(66)84(91)70(60)69)90-82-81-87-77(67(57)79(75(65)83)89(81)94(90,91)28-107)73(61)85-71(63)72(64)86(74)93(88(78)82)27-108(26-92(85,87)93)22-6-34(114)104-16-24-106(19-3-31(111)101-13-9-97)20-4-32(112)102-14-10-98/h1-28,95-98H2,(H,99,109)(H,100,110)(H,101,111)(H,102,112)(H,103,113)(H,104,114). The minimum atomic E-state index is -0.499. The lowest BCUT2D eigenvalue weighted by molar-refractivity contribution is -0.123. The van der Waals surface area contributed by atoms with Crippen LogP contribution < -0.4 is 54.8 Å². The highest BCUT2D eigenvalue weighted by atomic mass is 16.2. The SMILES string of the molecule is NCCNC(=O)CCN(CCNC(=O)CCN1CC23c4c5c6c7c8c9c%10c%11c%12c%13c%14c(c-5c5c%15c%16c(c%17c%18c2c2c4c7c4c8c7c%10c8c%10c%11c%11c%13c(c%14%15)c%13c%16c%14c%17c%15c%18c%16c2c4c2c7c8c4c(c%162)c%15c2c%14c%13c%11c%10c24)C53C1)C61CN(CCC(=O)NCCN(CCC(=O)NCCN)CCC(=O)NCCN)CC9%121)CCC(=O)NCCN. The lowest BCUT2D eigenvalue weighted by Crippen LogP contribution is -2.51. The van der Waals surface area contributed by atoms with E-state index in [9.17, 15) is 19.2 Å². The number of nitrogens with zero attached hydrogens (tertiary/aromatic N) is 4. The predicted molar refractivity (Wildman–Crippen MR) is 454 cm³/mol. The zero-order valence-corrected chi connectivity index (χ0v) is 62.3. The largest absolute Gasteiger partial charge is 0.355 e. The van der Waals surface area contributed by atoms with E-state index in [1.165, 1.54) is 0 Å². The fourth-order valence-electron chi connectivity index (χ4n) is 31.9. The summed E-state index contributed by atoms with van der Waals surface area (Å²) >= 11 is 0. The van der Waals surface area contributed by atoms with Gasteiger partial charge in [0.15, 0.2) is 0 Å². The molecule has 2 heterocycles. The van der Waals surface area contributed by atoms with Gasteiger partial charge in [-0.3, -0.25) is 28.8 Å². The molecule has 6 amide bonds. The van der Waals surface area contributed by atoms with E-state index < -0.39 is 21.7 Å². The Morgan fingerprint density at radius 1 is 0.228 bits per heavy atom. The Morgan fingerprint density at radius 3 is 0.614 bits per heavy atom. The molecule has 0 bridgehead atoms. The molecule has 24 aromatic rings. The maximum atomic E-state index is 15.0. The van der Waals surface area contributed by atoms with Crippen molar-refractivity contribution in [3.63, 3.8) is 0 Å². The number of benzene rings is 16. The zero-order valence-electron chi connectivity index (χ0n) is 62.3. The van der Waals surface area contributed by atoms with Crippen LogP contribution in [-0.2, 0) is 50.4 Å². The van der Waals surface area contributed by atoms with Crippen molar-refractivity contribution in [2.45, 2.75) is 60.2 Å². The Morgan fingerprint density at radius 2 is 0.395 bits per heavy atom. The molecule has 2 saturated heterocycles. The molecule has 2 atom stereocenters. The topological polar surface area (TPSA) is 292 Å². The lowest BCUT2D eigenvalue weighted by atomic mass is 9.49. The Kier molecular flexibility index (Phi) is 9.01. The fourth-order valence-corrected chi connectivity index (χ4v) is 31.9. The van der Waals surface area contributed by atoms with E-state index in [4.69, 9.17) is 22.9 Å². The summed E-state index contributed by atoms with van der Waals surface area (Å²) in [6, 6.07) is 0. The molecule has 552 valence electrons. The van der Waals surface area contributed by atoms with E-state index in [1.807, 2.05) is 0 Å². The highest BCUT2D eigenvalue weighted by molar-refractivity contribution is 6.79. The molecule has 10 aliphatic rings. The average Bonchev–Trinajstić information content (AvgIpc) is 1.37. The third-order valence-electron chi connectivity index (χ3n) is 34.0. The molecule has 24 aromatic carbocycles. The summed E-state index contributed by atoms with van der Waals surface area (Å²) in [6.45, 7) is 11.0. The Hall–Kier alpha value is -10.8. The van der Waals surface area contributed by atoms with Gasteiger partial charge in [-0.25, -0.2) is 0 Å². The Labute approximate surface area is 642 Å². The molecule has 8 aliphatic carbocycles. The van der Waals surface area contributed by atoms with Gasteiger partial charge in [0.05, 0.1) is 21.7 Å². The number of hydrogen-bond acceptors (Lipinski definition) is 14. The summed E-state index contributed by atoms with van der Waals surface area (Å²) in [5.74, 6) is -0.328. The third-order valence-corrected chi connectivity index (χ3v) is 34.0. The molecule has 14 N–H and O–H groups in total.